The number of aliphatic hydroxyl groups excluding tert-OH is 1. The second-order valence-electron chi connectivity index (χ2n) is 9.66. The van der Waals surface area contributed by atoms with E-state index in [1.165, 1.54) is 19.3 Å². The van der Waals surface area contributed by atoms with Crippen LogP contribution >= 0.6 is 0 Å². The van der Waals surface area contributed by atoms with E-state index >= 15 is 0 Å². The molecule has 0 aromatic heterocycles. The number of benzene rings is 1. The Hall–Kier alpha value is -2.12. The van der Waals surface area contributed by atoms with Crippen molar-refractivity contribution in [3.63, 3.8) is 0 Å². The topological polar surface area (TPSA) is 82.1 Å². The third kappa shape index (κ3) is 5.81. The molecule has 1 aliphatic carbocycles. The van der Waals surface area contributed by atoms with Gasteiger partial charge >= 0.3 is 0 Å². The van der Waals surface area contributed by atoms with Crippen molar-refractivity contribution in [1.29, 1.82) is 0 Å². The largest absolute Gasteiger partial charge is 0.484 e. The van der Waals surface area contributed by atoms with Gasteiger partial charge in [0, 0.05) is 31.7 Å². The average molecular weight is 444 g/mol. The molecule has 2 heterocycles. The van der Waals surface area contributed by atoms with Crippen molar-refractivity contribution < 1.29 is 19.4 Å². The summed E-state index contributed by atoms with van der Waals surface area (Å²) in [6, 6.07) is 7.95. The lowest BCUT2D eigenvalue weighted by molar-refractivity contribution is -0.136. The van der Waals surface area contributed by atoms with Crippen LogP contribution in [0.1, 0.15) is 56.9 Å². The maximum Gasteiger partial charge on any atom is 0.260 e. The Labute approximate surface area is 191 Å². The molecule has 4 rings (SSSR count). The average Bonchev–Trinajstić information content (AvgIpc) is 3.20. The van der Waals surface area contributed by atoms with Crippen LogP contribution < -0.4 is 10.1 Å². The first-order valence-electron chi connectivity index (χ1n) is 12.2. The van der Waals surface area contributed by atoms with E-state index in [-0.39, 0.29) is 36.5 Å². The van der Waals surface area contributed by atoms with E-state index in [2.05, 4.69) is 10.2 Å². The van der Waals surface area contributed by atoms with Crippen molar-refractivity contribution in [1.82, 2.24) is 15.1 Å². The lowest BCUT2D eigenvalue weighted by Gasteiger charge is -2.39. The number of ether oxygens (including phenoxy) is 1. The number of nitrogens with one attached hydrogen (secondary N) is 1. The maximum atomic E-state index is 13.0. The van der Waals surface area contributed by atoms with Crippen LogP contribution in [0.5, 0.6) is 5.75 Å². The fourth-order valence-corrected chi connectivity index (χ4v) is 5.43. The van der Waals surface area contributed by atoms with Gasteiger partial charge in [-0.25, -0.2) is 0 Å². The Morgan fingerprint density at radius 1 is 1.12 bits per heavy atom. The molecule has 1 aromatic rings. The number of rotatable bonds is 6. The van der Waals surface area contributed by atoms with Crippen molar-refractivity contribution >= 4 is 11.8 Å². The minimum atomic E-state index is -0.459. The Balaban J connectivity index is 1.26. The standard InChI is InChI=1S/C25H37N3O4/c1-18-6-5-9-22(14-18)32-17-24(30)27-12-10-20(11-13-27)28-16-21(29)15-23(28)25(31)26-19-7-3-2-4-8-19/h5-6,9,14,19-21,23,29H,2-4,7-8,10-13,15-17H2,1H3,(H,26,31)/t21-,23+/m1/s1. The van der Waals surface area contributed by atoms with Crippen molar-refractivity contribution in [2.45, 2.75) is 82.5 Å². The zero-order valence-corrected chi connectivity index (χ0v) is 19.2. The second kappa shape index (κ2) is 10.7. The number of nitrogens with zero attached hydrogens (tertiary/aromatic N) is 2. The van der Waals surface area contributed by atoms with Crippen LogP contribution in [0.15, 0.2) is 24.3 Å². The maximum absolute atomic E-state index is 13.0. The molecule has 2 N–H and O–H groups in total. The van der Waals surface area contributed by atoms with E-state index in [4.69, 9.17) is 4.74 Å². The highest BCUT2D eigenvalue weighted by molar-refractivity contribution is 5.82. The van der Waals surface area contributed by atoms with E-state index in [0.29, 0.717) is 31.8 Å². The molecule has 1 saturated carbocycles. The van der Waals surface area contributed by atoms with Gasteiger partial charge < -0.3 is 20.1 Å². The summed E-state index contributed by atoms with van der Waals surface area (Å²) in [6.07, 6.45) is 7.42. The van der Waals surface area contributed by atoms with E-state index < -0.39 is 6.10 Å². The summed E-state index contributed by atoms with van der Waals surface area (Å²) >= 11 is 0. The van der Waals surface area contributed by atoms with Crippen LogP contribution in [0.4, 0.5) is 0 Å². The smallest absolute Gasteiger partial charge is 0.260 e. The zero-order chi connectivity index (χ0) is 22.5. The van der Waals surface area contributed by atoms with E-state index in [0.717, 1.165) is 31.2 Å². The molecule has 7 heteroatoms. The number of amides is 2. The molecule has 7 nitrogen and oxygen atoms in total. The number of likely N-dealkylation sites (tertiary alicyclic amines) is 2. The summed E-state index contributed by atoms with van der Waals surface area (Å²) in [5, 5.41) is 13.5. The quantitative estimate of drug-likeness (QED) is 0.705. The highest BCUT2D eigenvalue weighted by Crippen LogP contribution is 2.27. The van der Waals surface area contributed by atoms with Crippen LogP contribution in [0.3, 0.4) is 0 Å². The Bertz CT molecular complexity index is 787. The third-order valence-electron chi connectivity index (χ3n) is 7.21. The van der Waals surface area contributed by atoms with Crippen molar-refractivity contribution in [2.75, 3.05) is 26.2 Å². The molecule has 2 aliphatic heterocycles. The predicted molar refractivity (Wildman–Crippen MR) is 122 cm³/mol. The van der Waals surface area contributed by atoms with Crippen molar-refractivity contribution in [2.24, 2.45) is 0 Å². The van der Waals surface area contributed by atoms with Gasteiger partial charge in [-0.05, 0) is 56.7 Å². The summed E-state index contributed by atoms with van der Waals surface area (Å²) in [6.45, 7) is 3.90. The summed E-state index contributed by atoms with van der Waals surface area (Å²) in [5.74, 6) is 0.780. The number of aliphatic hydroxyl groups is 1. The second-order valence-corrected chi connectivity index (χ2v) is 9.66. The molecule has 2 atom stereocenters. The molecule has 0 unspecified atom stereocenters. The molecule has 3 aliphatic rings. The highest BCUT2D eigenvalue weighted by atomic mass is 16.5. The van der Waals surface area contributed by atoms with Gasteiger partial charge in [0.2, 0.25) is 5.91 Å². The fraction of sp³-hybridized carbons (Fsp3) is 0.680. The van der Waals surface area contributed by atoms with Gasteiger partial charge in [0.15, 0.2) is 6.61 Å². The number of carbonyl (C=O) groups is 2. The highest BCUT2D eigenvalue weighted by Gasteiger charge is 2.41. The number of hydrogen-bond donors (Lipinski definition) is 2. The number of β-amino-alcohol motifs (C(OH)–C–C–N with tert-alkyl or cyclic N) is 1. The fourth-order valence-electron chi connectivity index (χ4n) is 5.43. The third-order valence-corrected chi connectivity index (χ3v) is 7.21. The molecule has 176 valence electrons. The number of aryl methyl sites for hydroxylation is 1. The Morgan fingerprint density at radius 2 is 1.88 bits per heavy atom. The SMILES string of the molecule is Cc1cccc(OCC(=O)N2CCC(N3C[C@H](O)C[C@H]3C(=O)NC3CCCCC3)CC2)c1. The first-order valence-corrected chi connectivity index (χ1v) is 12.2. The number of hydrogen-bond acceptors (Lipinski definition) is 5. The monoisotopic (exact) mass is 443 g/mol. The van der Waals surface area contributed by atoms with Crippen LogP contribution in [-0.4, -0.2) is 77.2 Å². The van der Waals surface area contributed by atoms with Crippen LogP contribution in [0, 0.1) is 6.92 Å². The van der Waals surface area contributed by atoms with Crippen LogP contribution in [0.2, 0.25) is 0 Å². The van der Waals surface area contributed by atoms with Gasteiger partial charge in [0.1, 0.15) is 5.75 Å². The molecule has 3 fully saturated rings. The normalized spacial score (nSPS) is 25.6. The molecule has 0 bridgehead atoms. The lowest BCUT2D eigenvalue weighted by atomic mass is 9.95. The van der Waals surface area contributed by atoms with E-state index in [1.807, 2.05) is 36.1 Å². The molecule has 0 radical (unpaired) electrons. The molecule has 2 saturated heterocycles. The lowest BCUT2D eigenvalue weighted by Crippen LogP contribution is -2.53. The Kier molecular flexibility index (Phi) is 7.68. The summed E-state index contributed by atoms with van der Waals surface area (Å²) in [5.41, 5.74) is 1.10. The van der Waals surface area contributed by atoms with Gasteiger partial charge in [-0.3, -0.25) is 14.5 Å². The van der Waals surface area contributed by atoms with Crippen molar-refractivity contribution in [3.05, 3.63) is 29.8 Å². The van der Waals surface area contributed by atoms with Gasteiger partial charge in [0.25, 0.3) is 5.91 Å². The Morgan fingerprint density at radius 3 is 2.59 bits per heavy atom. The summed E-state index contributed by atoms with van der Waals surface area (Å²) < 4.78 is 5.68. The zero-order valence-electron chi connectivity index (χ0n) is 19.2. The van der Waals surface area contributed by atoms with Crippen molar-refractivity contribution in [3.8, 4) is 5.75 Å². The number of carbonyl (C=O) groups excluding carboxylic acids is 2. The minimum absolute atomic E-state index is 0.00185. The van der Waals surface area contributed by atoms with Gasteiger partial charge in [0.05, 0.1) is 12.1 Å². The van der Waals surface area contributed by atoms with Gasteiger partial charge in [-0.15, -0.1) is 0 Å². The molecule has 32 heavy (non-hydrogen) atoms. The molecule has 0 spiro atoms. The molecule has 1 aromatic carbocycles. The molecular weight excluding hydrogens is 406 g/mol. The first kappa shape index (κ1) is 23.1. The van der Waals surface area contributed by atoms with Crippen LogP contribution in [0.25, 0.3) is 0 Å². The van der Waals surface area contributed by atoms with Gasteiger partial charge in [-0.2, -0.15) is 0 Å². The minimum Gasteiger partial charge on any atom is -0.484 e. The summed E-state index contributed by atoms with van der Waals surface area (Å²) in [4.78, 5) is 29.6. The van der Waals surface area contributed by atoms with Crippen LogP contribution in [-0.2, 0) is 9.59 Å². The predicted octanol–water partition coefficient (Wildman–Crippen LogP) is 2.25. The number of piperidine rings is 1. The summed E-state index contributed by atoms with van der Waals surface area (Å²) in [7, 11) is 0. The molecule has 2 amide bonds. The molecular formula is C25H37N3O4. The van der Waals surface area contributed by atoms with Gasteiger partial charge in [-0.1, -0.05) is 31.4 Å². The van der Waals surface area contributed by atoms with E-state index in [1.54, 1.807) is 0 Å². The first-order chi connectivity index (χ1) is 15.5. The van der Waals surface area contributed by atoms with E-state index in [9.17, 15) is 14.7 Å².